The Morgan fingerprint density at radius 3 is 2.52 bits per heavy atom. The highest BCUT2D eigenvalue weighted by atomic mass is 32.2. The Labute approximate surface area is 169 Å². The Bertz CT molecular complexity index is 1040. The van der Waals surface area contributed by atoms with Gasteiger partial charge in [-0.15, -0.1) is 0 Å². The van der Waals surface area contributed by atoms with Gasteiger partial charge in [-0.05, 0) is 61.0 Å². The maximum atomic E-state index is 12.3. The molecule has 0 spiro atoms. The molecule has 0 bridgehead atoms. The number of hydrogen-bond donors (Lipinski definition) is 1. The first-order chi connectivity index (χ1) is 13.9. The molecule has 0 saturated heterocycles. The fraction of sp³-hybridized carbons (Fsp3) is 0.190. The van der Waals surface area contributed by atoms with Gasteiger partial charge in [0.1, 0.15) is 24.7 Å². The van der Waals surface area contributed by atoms with Crippen molar-refractivity contribution in [1.82, 2.24) is 4.72 Å². The second kappa shape index (κ2) is 9.40. The van der Waals surface area contributed by atoms with Crippen molar-refractivity contribution in [2.45, 2.75) is 18.4 Å². The number of benzene rings is 2. The smallest absolute Gasteiger partial charge is 0.338 e. The van der Waals surface area contributed by atoms with E-state index >= 15 is 0 Å². The molecule has 0 unspecified atom stereocenters. The second-order valence-corrected chi connectivity index (χ2v) is 8.00. The molecule has 1 heterocycles. The average Bonchev–Trinajstić information content (AvgIpc) is 3.24. The van der Waals surface area contributed by atoms with E-state index < -0.39 is 16.0 Å². The monoisotopic (exact) mass is 415 g/mol. The van der Waals surface area contributed by atoms with Crippen LogP contribution in [0.5, 0.6) is 5.75 Å². The third kappa shape index (κ3) is 5.94. The van der Waals surface area contributed by atoms with Gasteiger partial charge in [0.15, 0.2) is 0 Å². The Kier molecular flexibility index (Phi) is 6.69. The molecule has 1 N–H and O–H groups in total. The number of ether oxygens (including phenoxy) is 2. The molecule has 0 amide bonds. The molecule has 29 heavy (non-hydrogen) atoms. The first-order valence-corrected chi connectivity index (χ1v) is 10.4. The Balaban J connectivity index is 1.49. The number of furan rings is 1. The SMILES string of the molecule is Cc1cccc(OCCOC(=O)c2ccc(S(=O)(=O)NCc3ccco3)cc2)c1. The van der Waals surface area contributed by atoms with Crippen molar-refractivity contribution in [3.05, 3.63) is 83.8 Å². The van der Waals surface area contributed by atoms with Crippen LogP contribution in [0, 0.1) is 6.92 Å². The molecule has 2 aromatic carbocycles. The lowest BCUT2D eigenvalue weighted by Crippen LogP contribution is -2.23. The summed E-state index contributed by atoms with van der Waals surface area (Å²) in [7, 11) is -3.72. The minimum Gasteiger partial charge on any atom is -0.490 e. The fourth-order valence-electron chi connectivity index (χ4n) is 2.52. The Morgan fingerprint density at radius 2 is 1.83 bits per heavy atom. The predicted molar refractivity (Wildman–Crippen MR) is 106 cm³/mol. The maximum Gasteiger partial charge on any atom is 0.338 e. The molecule has 1 aromatic heterocycles. The number of esters is 1. The molecule has 0 saturated carbocycles. The molecule has 7 nitrogen and oxygen atoms in total. The van der Waals surface area contributed by atoms with Crippen molar-refractivity contribution in [3.8, 4) is 5.75 Å². The van der Waals surface area contributed by atoms with Crippen molar-refractivity contribution >= 4 is 16.0 Å². The van der Waals surface area contributed by atoms with Crippen LogP contribution in [-0.2, 0) is 21.3 Å². The first kappa shape index (κ1) is 20.6. The highest BCUT2D eigenvalue weighted by Gasteiger charge is 2.16. The van der Waals surface area contributed by atoms with Crippen LogP contribution in [0.4, 0.5) is 0 Å². The summed E-state index contributed by atoms with van der Waals surface area (Å²) < 4.78 is 42.8. The van der Waals surface area contributed by atoms with Crippen molar-refractivity contribution in [3.63, 3.8) is 0 Å². The predicted octanol–water partition coefficient (Wildman–Crippen LogP) is 3.30. The molecule has 3 aromatic rings. The summed E-state index contributed by atoms with van der Waals surface area (Å²) in [6, 6.07) is 16.4. The van der Waals surface area contributed by atoms with Gasteiger partial charge in [-0.25, -0.2) is 17.9 Å². The van der Waals surface area contributed by atoms with Crippen LogP contribution in [0.15, 0.2) is 76.2 Å². The third-order valence-electron chi connectivity index (χ3n) is 3.99. The molecular formula is C21H21NO6S. The minimum atomic E-state index is -3.72. The summed E-state index contributed by atoms with van der Waals surface area (Å²) in [6.45, 7) is 2.30. The highest BCUT2D eigenvalue weighted by molar-refractivity contribution is 7.89. The summed E-state index contributed by atoms with van der Waals surface area (Å²) in [5, 5.41) is 0. The van der Waals surface area contributed by atoms with Crippen LogP contribution in [0.1, 0.15) is 21.7 Å². The molecule has 0 atom stereocenters. The van der Waals surface area contributed by atoms with E-state index in [4.69, 9.17) is 13.9 Å². The fourth-order valence-corrected chi connectivity index (χ4v) is 3.51. The Hall–Kier alpha value is -3.10. The standard InChI is InChI=1S/C21H21NO6S/c1-16-4-2-5-18(14-16)27-12-13-28-21(23)17-7-9-20(10-8-17)29(24,25)22-15-19-6-3-11-26-19/h2-11,14,22H,12-13,15H2,1H3. The lowest BCUT2D eigenvalue weighted by atomic mass is 10.2. The number of nitrogens with one attached hydrogen (secondary N) is 1. The molecule has 0 aliphatic carbocycles. The van der Waals surface area contributed by atoms with E-state index in [1.54, 1.807) is 12.1 Å². The van der Waals surface area contributed by atoms with Crippen LogP contribution >= 0.6 is 0 Å². The number of sulfonamides is 1. The van der Waals surface area contributed by atoms with Gasteiger partial charge in [0.2, 0.25) is 10.0 Å². The van der Waals surface area contributed by atoms with E-state index in [2.05, 4.69) is 4.72 Å². The average molecular weight is 415 g/mol. The largest absolute Gasteiger partial charge is 0.490 e. The van der Waals surface area contributed by atoms with Crippen LogP contribution < -0.4 is 9.46 Å². The van der Waals surface area contributed by atoms with Crippen LogP contribution in [0.25, 0.3) is 0 Å². The van der Waals surface area contributed by atoms with Gasteiger partial charge in [-0.2, -0.15) is 0 Å². The van der Waals surface area contributed by atoms with Gasteiger partial charge in [0.05, 0.1) is 23.3 Å². The van der Waals surface area contributed by atoms with E-state index in [-0.39, 0.29) is 30.2 Å². The molecule has 0 radical (unpaired) electrons. The number of hydrogen-bond acceptors (Lipinski definition) is 6. The van der Waals surface area contributed by atoms with Gasteiger partial charge in [0.25, 0.3) is 0 Å². The van der Waals surface area contributed by atoms with Gasteiger partial charge < -0.3 is 13.9 Å². The quantitative estimate of drug-likeness (QED) is 0.426. The summed E-state index contributed by atoms with van der Waals surface area (Å²) in [4.78, 5) is 12.1. The zero-order valence-electron chi connectivity index (χ0n) is 15.8. The van der Waals surface area contributed by atoms with E-state index in [0.29, 0.717) is 11.5 Å². The number of rotatable bonds is 9. The molecular weight excluding hydrogens is 394 g/mol. The molecule has 3 rings (SSSR count). The van der Waals surface area contributed by atoms with Crippen molar-refractivity contribution < 1.29 is 27.1 Å². The van der Waals surface area contributed by atoms with Gasteiger partial charge in [-0.3, -0.25) is 0 Å². The van der Waals surface area contributed by atoms with E-state index in [1.807, 2.05) is 31.2 Å². The summed E-state index contributed by atoms with van der Waals surface area (Å²) in [6.07, 6.45) is 1.47. The van der Waals surface area contributed by atoms with Gasteiger partial charge in [0, 0.05) is 0 Å². The molecule has 0 aliphatic heterocycles. The molecule has 0 aliphatic rings. The van der Waals surface area contributed by atoms with Crippen LogP contribution in [0.2, 0.25) is 0 Å². The van der Waals surface area contributed by atoms with E-state index in [9.17, 15) is 13.2 Å². The number of carbonyl (C=O) groups excluding carboxylic acids is 1. The molecule has 0 fully saturated rings. The second-order valence-electron chi connectivity index (χ2n) is 6.23. The van der Waals surface area contributed by atoms with E-state index in [0.717, 1.165) is 5.56 Å². The van der Waals surface area contributed by atoms with Crippen molar-refractivity contribution in [2.24, 2.45) is 0 Å². The minimum absolute atomic E-state index is 0.0417. The van der Waals surface area contributed by atoms with Gasteiger partial charge in [-0.1, -0.05) is 12.1 Å². The Morgan fingerprint density at radius 1 is 1.03 bits per heavy atom. The van der Waals surface area contributed by atoms with Gasteiger partial charge >= 0.3 is 5.97 Å². The van der Waals surface area contributed by atoms with Crippen LogP contribution in [-0.4, -0.2) is 27.6 Å². The van der Waals surface area contributed by atoms with E-state index in [1.165, 1.54) is 30.5 Å². The molecule has 152 valence electrons. The summed E-state index contributed by atoms with van der Waals surface area (Å²) >= 11 is 0. The summed E-state index contributed by atoms with van der Waals surface area (Å²) in [5.41, 5.74) is 1.33. The normalized spacial score (nSPS) is 11.2. The topological polar surface area (TPSA) is 94.8 Å². The van der Waals surface area contributed by atoms with Crippen molar-refractivity contribution in [1.29, 1.82) is 0 Å². The zero-order chi connectivity index (χ0) is 20.7. The van der Waals surface area contributed by atoms with Crippen molar-refractivity contribution in [2.75, 3.05) is 13.2 Å². The number of aryl methyl sites for hydroxylation is 1. The lowest BCUT2D eigenvalue weighted by Gasteiger charge is -2.09. The first-order valence-electron chi connectivity index (χ1n) is 8.93. The molecule has 8 heteroatoms. The summed E-state index contributed by atoms with van der Waals surface area (Å²) in [5.74, 6) is 0.657. The zero-order valence-corrected chi connectivity index (χ0v) is 16.6. The highest BCUT2D eigenvalue weighted by Crippen LogP contribution is 2.14. The maximum absolute atomic E-state index is 12.3. The lowest BCUT2D eigenvalue weighted by molar-refractivity contribution is 0.0450. The third-order valence-corrected chi connectivity index (χ3v) is 5.41. The number of carbonyl (C=O) groups is 1. The van der Waals surface area contributed by atoms with Crippen LogP contribution in [0.3, 0.4) is 0 Å².